The molecule has 8 heteroatoms. The quantitative estimate of drug-likeness (QED) is 0.693. The summed E-state index contributed by atoms with van der Waals surface area (Å²) in [5, 5.41) is 15.7. The van der Waals surface area contributed by atoms with Gasteiger partial charge in [-0.3, -0.25) is 4.90 Å². The molecule has 0 N–H and O–H groups in total. The number of tetrazole rings is 1. The molecular weight excluding hydrogens is 258 g/mol. The molecular formula is C12H19N7O. The number of hydrogen-bond donors (Lipinski definition) is 0. The molecule has 0 spiro atoms. The van der Waals surface area contributed by atoms with E-state index in [2.05, 4.69) is 30.4 Å². The summed E-state index contributed by atoms with van der Waals surface area (Å²) in [6.45, 7) is 8.62. The first kappa shape index (κ1) is 13.2. The second-order valence-corrected chi connectivity index (χ2v) is 4.74. The summed E-state index contributed by atoms with van der Waals surface area (Å²) in [4.78, 5) is 4.68. The number of piperazine rings is 1. The minimum atomic E-state index is 0.670. The van der Waals surface area contributed by atoms with Gasteiger partial charge in [0.2, 0.25) is 0 Å². The standard InChI is InChI=1S/C12H19N7O/c1-2-20-10-9-17-5-7-18(8-6-17)12-4-3-11-13-15-16-19(11)14-12/h3-4H,2,5-10H2,1H3. The zero-order chi connectivity index (χ0) is 13.8. The van der Waals surface area contributed by atoms with Crippen LogP contribution >= 0.6 is 0 Å². The van der Waals surface area contributed by atoms with Crippen molar-refractivity contribution in [2.75, 3.05) is 50.8 Å². The third-order valence-electron chi connectivity index (χ3n) is 3.51. The monoisotopic (exact) mass is 277 g/mol. The maximum atomic E-state index is 5.39. The summed E-state index contributed by atoms with van der Waals surface area (Å²) in [5.74, 6) is 0.925. The van der Waals surface area contributed by atoms with Crippen molar-refractivity contribution >= 4 is 11.5 Å². The van der Waals surface area contributed by atoms with Gasteiger partial charge >= 0.3 is 0 Å². The van der Waals surface area contributed by atoms with E-state index in [1.807, 2.05) is 19.1 Å². The first-order valence-corrected chi connectivity index (χ1v) is 6.97. The van der Waals surface area contributed by atoms with E-state index in [-0.39, 0.29) is 0 Å². The minimum Gasteiger partial charge on any atom is -0.380 e. The highest BCUT2D eigenvalue weighted by Crippen LogP contribution is 2.13. The topological polar surface area (TPSA) is 71.7 Å². The summed E-state index contributed by atoms with van der Waals surface area (Å²) >= 11 is 0. The molecule has 108 valence electrons. The van der Waals surface area contributed by atoms with Crippen LogP contribution in [0.5, 0.6) is 0 Å². The highest BCUT2D eigenvalue weighted by molar-refractivity contribution is 5.44. The number of aromatic nitrogens is 5. The molecule has 0 radical (unpaired) electrons. The van der Waals surface area contributed by atoms with E-state index < -0.39 is 0 Å². The molecule has 0 bridgehead atoms. The summed E-state index contributed by atoms with van der Waals surface area (Å²) in [5.41, 5.74) is 0.670. The lowest BCUT2D eigenvalue weighted by Crippen LogP contribution is -2.47. The van der Waals surface area contributed by atoms with Crippen molar-refractivity contribution in [2.45, 2.75) is 6.92 Å². The lowest BCUT2D eigenvalue weighted by Gasteiger charge is -2.35. The summed E-state index contributed by atoms with van der Waals surface area (Å²) < 4.78 is 6.86. The van der Waals surface area contributed by atoms with Gasteiger partial charge in [0.05, 0.1) is 6.61 Å². The molecule has 1 saturated heterocycles. The summed E-state index contributed by atoms with van der Waals surface area (Å²) in [6, 6.07) is 3.87. The van der Waals surface area contributed by atoms with Crippen molar-refractivity contribution in [2.24, 2.45) is 0 Å². The fourth-order valence-corrected chi connectivity index (χ4v) is 2.35. The average molecular weight is 277 g/mol. The summed E-state index contributed by atoms with van der Waals surface area (Å²) in [6.07, 6.45) is 0. The Morgan fingerprint density at radius 1 is 1.20 bits per heavy atom. The van der Waals surface area contributed by atoms with E-state index in [1.54, 1.807) is 0 Å². The third kappa shape index (κ3) is 2.86. The molecule has 3 heterocycles. The van der Waals surface area contributed by atoms with Crippen LogP contribution in [-0.2, 0) is 4.74 Å². The maximum absolute atomic E-state index is 5.39. The second-order valence-electron chi connectivity index (χ2n) is 4.74. The van der Waals surface area contributed by atoms with Gasteiger partial charge in [-0.25, -0.2) is 0 Å². The van der Waals surface area contributed by atoms with E-state index in [1.165, 1.54) is 4.63 Å². The van der Waals surface area contributed by atoms with Gasteiger partial charge < -0.3 is 9.64 Å². The van der Waals surface area contributed by atoms with E-state index in [0.29, 0.717) is 5.65 Å². The van der Waals surface area contributed by atoms with Gasteiger partial charge in [0.15, 0.2) is 11.5 Å². The van der Waals surface area contributed by atoms with Gasteiger partial charge in [-0.2, -0.15) is 0 Å². The van der Waals surface area contributed by atoms with Crippen molar-refractivity contribution in [1.82, 2.24) is 30.2 Å². The van der Waals surface area contributed by atoms with Crippen LogP contribution in [0.15, 0.2) is 12.1 Å². The number of hydrogen-bond acceptors (Lipinski definition) is 7. The van der Waals surface area contributed by atoms with Crippen LogP contribution in [0, 0.1) is 0 Å². The van der Waals surface area contributed by atoms with Gasteiger partial charge in [-0.1, -0.05) is 0 Å². The van der Waals surface area contributed by atoms with Crippen molar-refractivity contribution in [3.8, 4) is 0 Å². The van der Waals surface area contributed by atoms with Gasteiger partial charge in [-0.15, -0.1) is 14.8 Å². The Bertz CT molecular complexity index is 549. The number of nitrogens with zero attached hydrogens (tertiary/aromatic N) is 7. The number of fused-ring (bicyclic) bond motifs is 1. The molecule has 0 amide bonds. The second kappa shape index (κ2) is 6.10. The number of ether oxygens (including phenoxy) is 1. The van der Waals surface area contributed by atoms with Gasteiger partial charge in [0, 0.05) is 39.3 Å². The Hall–Kier alpha value is -1.80. The van der Waals surface area contributed by atoms with Gasteiger partial charge in [0.25, 0.3) is 0 Å². The highest BCUT2D eigenvalue weighted by atomic mass is 16.5. The molecule has 1 fully saturated rings. The predicted octanol–water partition coefficient (Wildman–Crippen LogP) is -0.322. The normalized spacial score (nSPS) is 16.9. The van der Waals surface area contributed by atoms with E-state index in [4.69, 9.17) is 4.74 Å². The maximum Gasteiger partial charge on any atom is 0.200 e. The molecule has 0 atom stereocenters. The van der Waals surface area contributed by atoms with Crippen molar-refractivity contribution in [3.05, 3.63) is 12.1 Å². The van der Waals surface area contributed by atoms with Crippen molar-refractivity contribution in [3.63, 3.8) is 0 Å². The van der Waals surface area contributed by atoms with E-state index in [9.17, 15) is 0 Å². The average Bonchev–Trinajstić information content (AvgIpc) is 2.96. The molecule has 2 aromatic heterocycles. The van der Waals surface area contributed by atoms with Crippen molar-refractivity contribution in [1.29, 1.82) is 0 Å². The largest absolute Gasteiger partial charge is 0.380 e. The van der Waals surface area contributed by atoms with E-state index in [0.717, 1.165) is 51.8 Å². The van der Waals surface area contributed by atoms with Crippen LogP contribution in [0.25, 0.3) is 5.65 Å². The Morgan fingerprint density at radius 2 is 2.05 bits per heavy atom. The molecule has 0 saturated carbocycles. The zero-order valence-corrected chi connectivity index (χ0v) is 11.6. The fraction of sp³-hybridized carbons (Fsp3) is 0.667. The van der Waals surface area contributed by atoms with Gasteiger partial charge in [-0.05, 0) is 29.5 Å². The molecule has 0 aromatic carbocycles. The van der Waals surface area contributed by atoms with Gasteiger partial charge in [0.1, 0.15) is 0 Å². The van der Waals surface area contributed by atoms with E-state index >= 15 is 0 Å². The lowest BCUT2D eigenvalue weighted by molar-refractivity contribution is 0.111. The SMILES string of the molecule is CCOCCN1CCN(c2ccc3nnnn3n2)CC1. The fourth-order valence-electron chi connectivity index (χ4n) is 2.35. The molecule has 2 aromatic rings. The van der Waals surface area contributed by atoms with Crippen LogP contribution in [0.4, 0.5) is 5.82 Å². The number of anilines is 1. The molecule has 8 nitrogen and oxygen atoms in total. The Balaban J connectivity index is 1.57. The Kier molecular flexibility index (Phi) is 4.03. The predicted molar refractivity (Wildman–Crippen MR) is 73.7 cm³/mol. The minimum absolute atomic E-state index is 0.670. The first-order chi connectivity index (χ1) is 9.86. The van der Waals surface area contributed by atoms with Crippen LogP contribution < -0.4 is 4.90 Å². The molecule has 20 heavy (non-hydrogen) atoms. The molecule has 3 rings (SSSR count). The van der Waals surface area contributed by atoms with Crippen LogP contribution in [0.1, 0.15) is 6.92 Å². The Labute approximate surface area is 117 Å². The zero-order valence-electron chi connectivity index (χ0n) is 11.6. The summed E-state index contributed by atoms with van der Waals surface area (Å²) in [7, 11) is 0. The Morgan fingerprint density at radius 3 is 2.85 bits per heavy atom. The lowest BCUT2D eigenvalue weighted by atomic mass is 10.3. The van der Waals surface area contributed by atoms with Crippen LogP contribution in [0.3, 0.4) is 0 Å². The number of rotatable bonds is 5. The van der Waals surface area contributed by atoms with Crippen LogP contribution in [0.2, 0.25) is 0 Å². The molecule has 1 aliphatic heterocycles. The first-order valence-electron chi connectivity index (χ1n) is 6.97. The molecule has 1 aliphatic rings. The van der Waals surface area contributed by atoms with Crippen LogP contribution in [-0.4, -0.2) is 76.1 Å². The van der Waals surface area contributed by atoms with Crippen molar-refractivity contribution < 1.29 is 4.74 Å². The third-order valence-corrected chi connectivity index (χ3v) is 3.51. The smallest absolute Gasteiger partial charge is 0.200 e. The molecule has 0 unspecified atom stereocenters. The highest BCUT2D eigenvalue weighted by Gasteiger charge is 2.18. The molecule has 0 aliphatic carbocycles.